The highest BCUT2D eigenvalue weighted by atomic mass is 16.5. The highest BCUT2D eigenvalue weighted by Gasteiger charge is 2.31. The Morgan fingerprint density at radius 3 is 2.65 bits per heavy atom. The molecule has 0 atom stereocenters. The van der Waals surface area contributed by atoms with Gasteiger partial charge in [0.15, 0.2) is 0 Å². The maximum Gasteiger partial charge on any atom is 0.407 e. The Balaban J connectivity index is 1.70. The number of ether oxygens (including phenoxy) is 1. The van der Waals surface area contributed by atoms with Crippen molar-refractivity contribution in [2.75, 3.05) is 26.7 Å². The molecule has 0 saturated carbocycles. The van der Waals surface area contributed by atoms with Crippen LogP contribution in [0.5, 0.6) is 0 Å². The van der Waals surface area contributed by atoms with E-state index in [4.69, 9.17) is 4.74 Å². The molecule has 0 bridgehead atoms. The predicted molar refractivity (Wildman–Crippen MR) is 76.3 cm³/mol. The molecule has 0 unspecified atom stereocenters. The van der Waals surface area contributed by atoms with Crippen LogP contribution < -0.4 is 5.32 Å². The van der Waals surface area contributed by atoms with E-state index in [2.05, 4.69) is 10.2 Å². The number of carbonyl (C=O) groups excluding carboxylic acids is 1. The molecule has 1 amide bonds. The maximum atomic E-state index is 11.6. The summed E-state index contributed by atoms with van der Waals surface area (Å²) in [4.78, 5) is 13.8. The highest BCUT2D eigenvalue weighted by Crippen LogP contribution is 2.20. The summed E-state index contributed by atoms with van der Waals surface area (Å²) in [6.07, 6.45) is 0.853. The molecule has 0 aliphatic carbocycles. The van der Waals surface area contributed by atoms with Crippen molar-refractivity contribution in [1.82, 2.24) is 10.2 Å². The van der Waals surface area contributed by atoms with Crippen LogP contribution in [0.3, 0.4) is 0 Å². The number of nitrogens with one attached hydrogen (secondary N) is 1. The van der Waals surface area contributed by atoms with Crippen LogP contribution in [0.15, 0.2) is 30.3 Å². The van der Waals surface area contributed by atoms with E-state index in [9.17, 15) is 9.90 Å². The average Bonchev–Trinajstić information content (AvgIpc) is 2.48. The molecule has 1 aliphatic rings. The van der Waals surface area contributed by atoms with E-state index >= 15 is 0 Å². The minimum absolute atomic E-state index is 0.244. The summed E-state index contributed by atoms with van der Waals surface area (Å²) in [7, 11) is 2.03. The number of carbonyl (C=O) groups is 1. The minimum atomic E-state index is -0.807. The Morgan fingerprint density at radius 1 is 1.35 bits per heavy atom. The molecule has 1 aliphatic heterocycles. The molecule has 2 N–H and O–H groups in total. The molecule has 0 aromatic heterocycles. The molecule has 2 rings (SSSR count). The van der Waals surface area contributed by atoms with Gasteiger partial charge in [0.1, 0.15) is 6.61 Å². The number of benzene rings is 1. The second kappa shape index (κ2) is 6.72. The lowest BCUT2D eigenvalue weighted by molar-refractivity contribution is -0.0145. The fourth-order valence-electron chi connectivity index (χ4n) is 2.22. The third-order valence-electron chi connectivity index (χ3n) is 3.69. The first kappa shape index (κ1) is 14.8. The van der Waals surface area contributed by atoms with Crippen molar-refractivity contribution < 1.29 is 14.6 Å². The van der Waals surface area contributed by atoms with Crippen molar-refractivity contribution in [2.24, 2.45) is 0 Å². The van der Waals surface area contributed by atoms with Gasteiger partial charge >= 0.3 is 6.09 Å². The second-order valence-electron chi connectivity index (χ2n) is 5.44. The monoisotopic (exact) mass is 278 g/mol. The summed E-state index contributed by atoms with van der Waals surface area (Å²) < 4.78 is 5.11. The second-order valence-corrected chi connectivity index (χ2v) is 5.44. The van der Waals surface area contributed by atoms with Crippen molar-refractivity contribution in [2.45, 2.75) is 25.0 Å². The van der Waals surface area contributed by atoms with Crippen LogP contribution in [-0.2, 0) is 11.3 Å². The first-order valence-corrected chi connectivity index (χ1v) is 6.93. The van der Waals surface area contributed by atoms with Crippen molar-refractivity contribution in [3.63, 3.8) is 0 Å². The zero-order chi connectivity index (χ0) is 14.4. The van der Waals surface area contributed by atoms with Gasteiger partial charge in [-0.3, -0.25) is 0 Å². The third-order valence-corrected chi connectivity index (χ3v) is 3.69. The SMILES string of the molecule is CN1CCC(O)(CNC(=O)OCc2ccccc2)CC1. The molecule has 0 radical (unpaired) electrons. The molecule has 1 fully saturated rings. The summed E-state index contributed by atoms with van der Waals surface area (Å²) >= 11 is 0. The van der Waals surface area contributed by atoms with Crippen molar-refractivity contribution in [3.8, 4) is 0 Å². The van der Waals surface area contributed by atoms with Gasteiger partial charge in [0, 0.05) is 19.6 Å². The molecule has 1 saturated heterocycles. The van der Waals surface area contributed by atoms with Crippen LogP contribution in [0.4, 0.5) is 4.79 Å². The minimum Gasteiger partial charge on any atom is -0.445 e. The molecule has 0 spiro atoms. The van der Waals surface area contributed by atoms with E-state index in [1.807, 2.05) is 37.4 Å². The molecular weight excluding hydrogens is 256 g/mol. The summed E-state index contributed by atoms with van der Waals surface area (Å²) in [5.74, 6) is 0. The lowest BCUT2D eigenvalue weighted by Gasteiger charge is -2.36. The lowest BCUT2D eigenvalue weighted by Crippen LogP contribution is -2.50. The van der Waals surface area contributed by atoms with Gasteiger partial charge < -0.3 is 20.1 Å². The Morgan fingerprint density at radius 2 is 2.00 bits per heavy atom. The first-order valence-electron chi connectivity index (χ1n) is 6.93. The number of likely N-dealkylation sites (tertiary alicyclic amines) is 1. The van der Waals surface area contributed by atoms with Gasteiger partial charge in [-0.05, 0) is 25.5 Å². The van der Waals surface area contributed by atoms with Crippen LogP contribution in [0.25, 0.3) is 0 Å². The molecule has 1 aromatic carbocycles. The van der Waals surface area contributed by atoms with Gasteiger partial charge in [0.05, 0.1) is 5.60 Å². The number of aliphatic hydroxyl groups is 1. The lowest BCUT2D eigenvalue weighted by atomic mass is 9.92. The zero-order valence-corrected chi connectivity index (χ0v) is 11.8. The summed E-state index contributed by atoms with van der Waals surface area (Å²) in [6, 6.07) is 9.52. The standard InChI is InChI=1S/C15H22N2O3/c1-17-9-7-15(19,8-10-17)12-16-14(18)20-11-13-5-3-2-4-6-13/h2-6,19H,7-12H2,1H3,(H,16,18). The number of rotatable bonds is 4. The molecule has 5 heteroatoms. The van der Waals surface area contributed by atoms with Crippen molar-refractivity contribution >= 4 is 6.09 Å². The van der Waals surface area contributed by atoms with Crippen molar-refractivity contribution in [1.29, 1.82) is 0 Å². The predicted octanol–water partition coefficient (Wildman–Crippen LogP) is 1.37. The van der Waals surface area contributed by atoms with E-state index in [1.54, 1.807) is 0 Å². The van der Waals surface area contributed by atoms with Gasteiger partial charge in [-0.2, -0.15) is 0 Å². The quantitative estimate of drug-likeness (QED) is 0.873. The molecule has 110 valence electrons. The number of hydrogen-bond acceptors (Lipinski definition) is 4. The highest BCUT2D eigenvalue weighted by molar-refractivity contribution is 5.67. The van der Waals surface area contributed by atoms with Crippen LogP contribution in [0, 0.1) is 0 Å². The number of amides is 1. The fourth-order valence-corrected chi connectivity index (χ4v) is 2.22. The number of piperidine rings is 1. The van der Waals surface area contributed by atoms with Gasteiger partial charge in [-0.1, -0.05) is 30.3 Å². The topological polar surface area (TPSA) is 61.8 Å². The van der Waals surface area contributed by atoms with E-state index in [0.29, 0.717) is 12.8 Å². The molecule has 20 heavy (non-hydrogen) atoms. The van der Waals surface area contributed by atoms with Gasteiger partial charge in [-0.15, -0.1) is 0 Å². The van der Waals surface area contributed by atoms with Crippen LogP contribution in [0.2, 0.25) is 0 Å². The Bertz CT molecular complexity index is 428. The molecule has 5 nitrogen and oxygen atoms in total. The van der Waals surface area contributed by atoms with Gasteiger partial charge in [0.25, 0.3) is 0 Å². The largest absolute Gasteiger partial charge is 0.445 e. The molecule has 1 aromatic rings. The van der Waals surface area contributed by atoms with E-state index < -0.39 is 11.7 Å². The van der Waals surface area contributed by atoms with Crippen LogP contribution in [0.1, 0.15) is 18.4 Å². The summed E-state index contributed by atoms with van der Waals surface area (Å²) in [5, 5.41) is 13.0. The smallest absolute Gasteiger partial charge is 0.407 e. The Kier molecular flexibility index (Phi) is 4.98. The summed E-state index contributed by atoms with van der Waals surface area (Å²) in [5.41, 5.74) is 0.138. The van der Waals surface area contributed by atoms with Crippen molar-refractivity contribution in [3.05, 3.63) is 35.9 Å². The van der Waals surface area contributed by atoms with E-state index in [-0.39, 0.29) is 13.2 Å². The number of alkyl carbamates (subject to hydrolysis) is 1. The van der Waals surface area contributed by atoms with Crippen LogP contribution >= 0.6 is 0 Å². The first-order chi connectivity index (χ1) is 9.57. The maximum absolute atomic E-state index is 11.6. The fraction of sp³-hybridized carbons (Fsp3) is 0.533. The average molecular weight is 278 g/mol. The Labute approximate surface area is 119 Å². The number of hydrogen-bond donors (Lipinski definition) is 2. The zero-order valence-electron chi connectivity index (χ0n) is 11.8. The van der Waals surface area contributed by atoms with E-state index in [1.165, 1.54) is 0 Å². The van der Waals surface area contributed by atoms with Crippen LogP contribution in [-0.4, -0.2) is 48.4 Å². The summed E-state index contributed by atoms with van der Waals surface area (Å²) in [6.45, 7) is 2.18. The molecule has 1 heterocycles. The third kappa shape index (κ3) is 4.51. The van der Waals surface area contributed by atoms with E-state index in [0.717, 1.165) is 18.7 Å². The van der Waals surface area contributed by atoms with Gasteiger partial charge in [-0.25, -0.2) is 4.79 Å². The number of nitrogens with zero attached hydrogens (tertiary/aromatic N) is 1. The molecular formula is C15H22N2O3. The Hall–Kier alpha value is -1.59. The normalized spacial score (nSPS) is 18.5. The van der Waals surface area contributed by atoms with Gasteiger partial charge in [0.2, 0.25) is 0 Å².